The number of carbonyl (C=O) groups excluding carboxylic acids is 1. The van der Waals surface area contributed by atoms with Crippen LogP contribution in [0.15, 0.2) is 47.5 Å². The summed E-state index contributed by atoms with van der Waals surface area (Å²) < 4.78 is 12.4. The van der Waals surface area contributed by atoms with E-state index in [1.807, 2.05) is 24.6 Å². The lowest BCUT2D eigenvalue weighted by atomic mass is 10.1. The first kappa shape index (κ1) is 18.6. The van der Waals surface area contributed by atoms with Gasteiger partial charge in [0.25, 0.3) is 0 Å². The Hall–Kier alpha value is -3.74. The molecule has 29 heavy (non-hydrogen) atoms. The second kappa shape index (κ2) is 7.01. The van der Waals surface area contributed by atoms with Gasteiger partial charge in [0.05, 0.1) is 5.56 Å². The van der Waals surface area contributed by atoms with Gasteiger partial charge in [0, 0.05) is 6.20 Å². The molecule has 0 atom stereocenters. The number of allylic oxidation sites excluding steroid dienone is 1. The molecule has 0 unspecified atom stereocenters. The van der Waals surface area contributed by atoms with E-state index in [4.69, 9.17) is 9.15 Å². The van der Waals surface area contributed by atoms with Crippen LogP contribution in [0.4, 0.5) is 4.79 Å². The monoisotopic (exact) mass is 390 g/mol. The molecule has 0 aliphatic heterocycles. The van der Waals surface area contributed by atoms with Crippen molar-refractivity contribution in [1.82, 2.24) is 9.97 Å². The number of aliphatic hydroxyl groups is 1. The number of rotatable bonds is 2. The predicted octanol–water partition coefficient (Wildman–Crippen LogP) is 2.25. The van der Waals surface area contributed by atoms with Crippen molar-refractivity contribution in [3.63, 3.8) is 0 Å². The summed E-state index contributed by atoms with van der Waals surface area (Å²) >= 11 is 0. The topological polar surface area (TPSA) is 87.5 Å². The van der Waals surface area contributed by atoms with E-state index in [0.29, 0.717) is 10.8 Å². The molecular weight excluding hydrogens is 370 g/mol. The second-order valence-corrected chi connectivity index (χ2v) is 7.52. The van der Waals surface area contributed by atoms with Crippen molar-refractivity contribution < 1.29 is 23.6 Å². The highest BCUT2D eigenvalue weighted by Crippen LogP contribution is 2.19. The van der Waals surface area contributed by atoms with E-state index >= 15 is 0 Å². The summed E-state index contributed by atoms with van der Waals surface area (Å²) in [5.74, 6) is 0.0705. The molecule has 0 fully saturated rings. The molecular formula is C22H20N3O4-. The highest BCUT2D eigenvalue weighted by molar-refractivity contribution is 5.69. The molecule has 0 saturated carbocycles. The van der Waals surface area contributed by atoms with Crippen molar-refractivity contribution in [3.05, 3.63) is 71.3 Å². The Bertz CT molecular complexity index is 1210. The molecule has 0 amide bonds. The summed E-state index contributed by atoms with van der Waals surface area (Å²) in [5, 5.41) is 12.3. The van der Waals surface area contributed by atoms with E-state index in [1.54, 1.807) is 51.5 Å². The van der Waals surface area contributed by atoms with Gasteiger partial charge >= 0.3 is 18.2 Å². The fourth-order valence-corrected chi connectivity index (χ4v) is 3.01. The molecule has 1 aliphatic rings. The lowest BCUT2D eigenvalue weighted by molar-refractivity contribution is -0.582. The highest BCUT2D eigenvalue weighted by Gasteiger charge is 2.37. The van der Waals surface area contributed by atoms with E-state index in [2.05, 4.69) is 9.97 Å². The van der Waals surface area contributed by atoms with Gasteiger partial charge in [-0.05, 0) is 33.2 Å². The largest absolute Gasteiger partial charge is 0.553 e. The highest BCUT2D eigenvalue weighted by atomic mass is 16.6. The quantitative estimate of drug-likeness (QED) is 0.410. The molecule has 3 aromatic rings. The van der Waals surface area contributed by atoms with E-state index in [1.165, 1.54) is 10.8 Å². The molecule has 148 valence electrons. The first-order valence-electron chi connectivity index (χ1n) is 9.09. The summed E-state index contributed by atoms with van der Waals surface area (Å²) in [4.78, 5) is 21.4. The number of aromatic nitrogens is 3. The third-order valence-corrected chi connectivity index (χ3v) is 4.24. The zero-order chi connectivity index (χ0) is 20.6. The Morgan fingerprint density at radius 3 is 2.90 bits per heavy atom. The molecule has 0 radical (unpaired) electrons. The van der Waals surface area contributed by atoms with Crippen molar-refractivity contribution in [1.29, 1.82) is 0 Å². The normalized spacial score (nSPS) is 13.9. The lowest BCUT2D eigenvalue weighted by Crippen LogP contribution is -2.49. The number of aliphatic hydroxyl groups excluding tert-OH is 1. The molecule has 1 aliphatic carbocycles. The summed E-state index contributed by atoms with van der Waals surface area (Å²) in [5.41, 5.74) is 0.777. The summed E-state index contributed by atoms with van der Waals surface area (Å²) in [6.45, 7) is 5.31. The number of nitrogens with zero attached hydrogens (tertiary/aromatic N) is 3. The third-order valence-electron chi connectivity index (χ3n) is 4.24. The van der Waals surface area contributed by atoms with Gasteiger partial charge in [0.15, 0.2) is 0 Å². The fraction of sp³-hybridized carbons (Fsp3) is 0.182. The molecule has 0 aromatic carbocycles. The molecule has 3 heterocycles. The van der Waals surface area contributed by atoms with Gasteiger partial charge in [-0.25, -0.2) is 33.9 Å². The van der Waals surface area contributed by atoms with Crippen LogP contribution < -0.4 is 15.1 Å². The van der Waals surface area contributed by atoms with Crippen LogP contribution in [0.5, 0.6) is 0 Å². The third kappa shape index (κ3) is 3.54. The van der Waals surface area contributed by atoms with Crippen molar-refractivity contribution in [2.24, 2.45) is 0 Å². The van der Waals surface area contributed by atoms with Gasteiger partial charge in [0.2, 0.25) is 5.69 Å². The SMILES string of the molecule is CC(C)(C)OC(=O)[n+]1c(C(O)=c2cnc3[c-]2C=C[CH-]C=3)c[o+][c-]1-c1cccnc1. The summed E-state index contributed by atoms with van der Waals surface area (Å²) in [6, 6.07) is 3.49. The molecule has 7 nitrogen and oxygen atoms in total. The molecule has 0 spiro atoms. The zero-order valence-corrected chi connectivity index (χ0v) is 16.3. The standard InChI is InChI=1S/C22H20N3O4/c1-22(2,3)29-21(27)25-18(13-28-20(25)14-7-6-10-23-11-14)19(26)16-12-24-17-9-5-4-8-15(16)17/h4-13,26H,1-3H3/q-1. The second-order valence-electron chi connectivity index (χ2n) is 7.52. The first-order valence-corrected chi connectivity index (χ1v) is 9.09. The maximum Gasteiger partial charge on any atom is 0.553 e. The number of pyridine rings is 1. The Morgan fingerprint density at radius 1 is 1.34 bits per heavy atom. The maximum atomic E-state index is 13.0. The van der Waals surface area contributed by atoms with E-state index in [9.17, 15) is 9.90 Å². The number of ether oxygens (including phenoxy) is 1. The Balaban J connectivity index is 1.94. The van der Waals surface area contributed by atoms with Gasteiger partial charge in [-0.2, -0.15) is 5.56 Å². The molecule has 7 heteroatoms. The number of fused-ring (bicyclic) bond motifs is 1. The van der Waals surface area contributed by atoms with Crippen LogP contribution in [-0.4, -0.2) is 26.8 Å². The number of hydrogen-bond donors (Lipinski definition) is 1. The number of oxazole rings is 1. The zero-order valence-electron chi connectivity index (χ0n) is 16.3. The fourth-order valence-electron chi connectivity index (χ4n) is 3.01. The van der Waals surface area contributed by atoms with Gasteiger partial charge in [-0.3, -0.25) is 4.98 Å². The Kier molecular flexibility index (Phi) is 4.50. The van der Waals surface area contributed by atoms with Crippen LogP contribution in [0.3, 0.4) is 0 Å². The average Bonchev–Trinajstić information content (AvgIpc) is 3.31. The van der Waals surface area contributed by atoms with E-state index in [0.717, 1.165) is 10.9 Å². The minimum absolute atomic E-state index is 0.136. The van der Waals surface area contributed by atoms with Gasteiger partial charge in [-0.1, -0.05) is 21.9 Å². The van der Waals surface area contributed by atoms with Crippen LogP contribution in [0.2, 0.25) is 0 Å². The van der Waals surface area contributed by atoms with Crippen LogP contribution in [-0.2, 0) is 4.74 Å². The lowest BCUT2D eigenvalue weighted by Gasteiger charge is -2.17. The minimum Gasteiger partial charge on any atom is -0.542 e. The van der Waals surface area contributed by atoms with Crippen LogP contribution in [0.25, 0.3) is 29.4 Å². The molecule has 0 saturated heterocycles. The Labute approximate surface area is 167 Å². The number of carbonyl (C=O) groups is 1. The summed E-state index contributed by atoms with van der Waals surface area (Å²) in [7, 11) is 0. The Morgan fingerprint density at radius 2 is 2.17 bits per heavy atom. The average molecular weight is 390 g/mol. The summed E-state index contributed by atoms with van der Waals surface area (Å²) in [6.07, 6.45) is 12.8. The van der Waals surface area contributed by atoms with E-state index in [-0.39, 0.29) is 17.3 Å². The van der Waals surface area contributed by atoms with Crippen LogP contribution >= 0.6 is 0 Å². The van der Waals surface area contributed by atoms with Crippen LogP contribution in [0.1, 0.15) is 32.0 Å². The van der Waals surface area contributed by atoms with Crippen molar-refractivity contribution in [3.8, 4) is 11.5 Å². The first-order chi connectivity index (χ1) is 13.8. The predicted molar refractivity (Wildman–Crippen MR) is 106 cm³/mol. The van der Waals surface area contributed by atoms with Crippen LogP contribution in [0, 0.1) is 6.42 Å². The number of hydrogen-bond acceptors (Lipinski definition) is 5. The minimum atomic E-state index is -0.727. The van der Waals surface area contributed by atoms with Gasteiger partial charge in [0.1, 0.15) is 11.4 Å². The smallest absolute Gasteiger partial charge is 0.542 e. The maximum absolute atomic E-state index is 13.0. The van der Waals surface area contributed by atoms with Crippen molar-refractivity contribution >= 4 is 24.0 Å². The van der Waals surface area contributed by atoms with Gasteiger partial charge < -0.3 is 14.8 Å². The van der Waals surface area contributed by atoms with E-state index < -0.39 is 11.7 Å². The van der Waals surface area contributed by atoms with Crippen molar-refractivity contribution in [2.75, 3.05) is 0 Å². The molecule has 4 rings (SSSR count). The molecule has 1 N–H and O–H groups in total. The van der Waals surface area contributed by atoms with Crippen molar-refractivity contribution in [2.45, 2.75) is 26.4 Å². The van der Waals surface area contributed by atoms with Gasteiger partial charge in [-0.15, -0.1) is 5.35 Å². The molecule has 3 aromatic heterocycles. The molecule has 0 bridgehead atoms.